The van der Waals surface area contributed by atoms with Crippen LogP contribution in [0.5, 0.6) is 0 Å². The van der Waals surface area contributed by atoms with Gasteiger partial charge in [-0.1, -0.05) is 36.4 Å². The molecule has 1 amide bonds. The first-order valence-electron chi connectivity index (χ1n) is 7.13. The van der Waals surface area contributed by atoms with Gasteiger partial charge in [0.15, 0.2) is 11.5 Å². The van der Waals surface area contributed by atoms with Crippen LogP contribution in [0.2, 0.25) is 0 Å². The van der Waals surface area contributed by atoms with Gasteiger partial charge in [0.1, 0.15) is 0 Å². The fourth-order valence-electron chi connectivity index (χ4n) is 2.74. The quantitative estimate of drug-likeness (QED) is 0.680. The van der Waals surface area contributed by atoms with Crippen molar-refractivity contribution in [2.24, 2.45) is 0 Å². The Morgan fingerprint density at radius 2 is 2.00 bits per heavy atom. The number of aliphatic hydroxyl groups is 1. The maximum atomic E-state index is 12.7. The van der Waals surface area contributed by atoms with E-state index in [0.717, 1.165) is 5.56 Å². The predicted octanol–water partition coefficient (Wildman–Crippen LogP) is 3.04. The molecule has 1 atom stereocenters. The zero-order chi connectivity index (χ0) is 16.4. The predicted molar refractivity (Wildman–Crippen MR) is 83.8 cm³/mol. The van der Waals surface area contributed by atoms with E-state index in [2.05, 4.69) is 6.58 Å². The number of rotatable bonds is 5. The highest BCUT2D eigenvalue weighted by atomic mass is 16.3. The normalized spacial score (nSPS) is 17.7. The lowest BCUT2D eigenvalue weighted by molar-refractivity contribution is -0.128. The second kappa shape index (κ2) is 5.96. The third kappa shape index (κ3) is 2.46. The second-order valence-corrected chi connectivity index (χ2v) is 5.13. The average molecular weight is 309 g/mol. The van der Waals surface area contributed by atoms with Crippen LogP contribution >= 0.6 is 0 Å². The molecule has 2 heterocycles. The minimum atomic E-state index is -0.667. The lowest BCUT2D eigenvalue weighted by Crippen LogP contribution is -2.31. The Balaban J connectivity index is 2.11. The van der Waals surface area contributed by atoms with Gasteiger partial charge >= 0.3 is 0 Å². The van der Waals surface area contributed by atoms with Crippen molar-refractivity contribution in [3.05, 3.63) is 84.0 Å². The average Bonchev–Trinajstić information content (AvgIpc) is 3.18. The SMILES string of the molecule is C=CCN1C(=O)C(O)=C(C(=O)c2ccco2)C1c1ccccc1. The van der Waals surface area contributed by atoms with Gasteiger partial charge in [-0.25, -0.2) is 0 Å². The smallest absolute Gasteiger partial charge is 0.290 e. The number of nitrogens with zero attached hydrogens (tertiary/aromatic N) is 1. The first-order valence-corrected chi connectivity index (χ1v) is 7.13. The van der Waals surface area contributed by atoms with Crippen molar-refractivity contribution >= 4 is 11.7 Å². The Hall–Kier alpha value is -3.08. The van der Waals surface area contributed by atoms with Crippen LogP contribution < -0.4 is 0 Å². The molecule has 1 N–H and O–H groups in total. The van der Waals surface area contributed by atoms with Crippen LogP contribution in [0.15, 0.2) is 77.1 Å². The standard InChI is InChI=1S/C18H15NO4/c1-2-10-19-15(12-7-4-3-5-8-12)14(17(21)18(19)22)16(20)13-9-6-11-23-13/h2-9,11,15,21H,1,10H2. The molecule has 1 aromatic carbocycles. The number of ketones is 1. The number of carbonyl (C=O) groups excluding carboxylic acids is 2. The second-order valence-electron chi connectivity index (χ2n) is 5.13. The molecule has 116 valence electrons. The van der Waals surface area contributed by atoms with Gasteiger partial charge in [0, 0.05) is 6.54 Å². The van der Waals surface area contributed by atoms with Gasteiger partial charge < -0.3 is 14.4 Å². The van der Waals surface area contributed by atoms with E-state index in [4.69, 9.17) is 4.42 Å². The molecule has 0 saturated carbocycles. The molecule has 0 saturated heterocycles. The summed E-state index contributed by atoms with van der Waals surface area (Å²) in [6, 6.07) is 11.5. The Kier molecular flexibility index (Phi) is 3.85. The third-order valence-corrected chi connectivity index (χ3v) is 3.73. The molecule has 1 aliphatic heterocycles. The first kappa shape index (κ1) is 14.8. The molecule has 0 aliphatic carbocycles. The van der Waals surface area contributed by atoms with E-state index in [1.807, 2.05) is 30.3 Å². The van der Waals surface area contributed by atoms with E-state index < -0.39 is 23.5 Å². The summed E-state index contributed by atoms with van der Waals surface area (Å²) in [5, 5.41) is 10.2. The minimum absolute atomic E-state index is 0.0259. The van der Waals surface area contributed by atoms with Gasteiger partial charge in [0.2, 0.25) is 5.78 Å². The number of carbonyl (C=O) groups is 2. The molecule has 2 aromatic rings. The summed E-state index contributed by atoms with van der Waals surface area (Å²) in [5.41, 5.74) is 0.764. The highest BCUT2D eigenvalue weighted by Crippen LogP contribution is 2.38. The van der Waals surface area contributed by atoms with Crippen molar-refractivity contribution in [2.75, 3.05) is 6.54 Å². The zero-order valence-corrected chi connectivity index (χ0v) is 12.3. The Morgan fingerprint density at radius 3 is 2.61 bits per heavy atom. The summed E-state index contributed by atoms with van der Waals surface area (Å²) < 4.78 is 5.13. The van der Waals surface area contributed by atoms with E-state index >= 15 is 0 Å². The maximum Gasteiger partial charge on any atom is 0.290 e. The van der Waals surface area contributed by atoms with Crippen LogP contribution in [0, 0.1) is 0 Å². The third-order valence-electron chi connectivity index (χ3n) is 3.73. The van der Waals surface area contributed by atoms with Crippen molar-refractivity contribution in [1.82, 2.24) is 4.90 Å². The van der Waals surface area contributed by atoms with Gasteiger partial charge in [-0.2, -0.15) is 0 Å². The molecule has 0 spiro atoms. The summed E-state index contributed by atoms with van der Waals surface area (Å²) in [6.45, 7) is 3.85. The van der Waals surface area contributed by atoms with Crippen molar-refractivity contribution in [2.45, 2.75) is 6.04 Å². The van der Waals surface area contributed by atoms with E-state index in [1.165, 1.54) is 17.2 Å². The molecular weight excluding hydrogens is 294 g/mol. The molecule has 5 heteroatoms. The van der Waals surface area contributed by atoms with Gasteiger partial charge in [0.25, 0.3) is 5.91 Å². The molecule has 23 heavy (non-hydrogen) atoms. The Labute approximate surface area is 133 Å². The van der Waals surface area contributed by atoms with Crippen molar-refractivity contribution in [3.63, 3.8) is 0 Å². The number of hydrogen-bond acceptors (Lipinski definition) is 4. The molecule has 3 rings (SSSR count). The number of aliphatic hydroxyl groups excluding tert-OH is 1. The van der Waals surface area contributed by atoms with Gasteiger partial charge in [-0.15, -0.1) is 6.58 Å². The summed E-state index contributed by atoms with van der Waals surface area (Å²) >= 11 is 0. The number of hydrogen-bond donors (Lipinski definition) is 1. The van der Waals surface area contributed by atoms with Crippen LogP contribution in [0.25, 0.3) is 0 Å². The van der Waals surface area contributed by atoms with E-state index in [-0.39, 0.29) is 17.9 Å². The minimum Gasteiger partial charge on any atom is -0.503 e. The summed E-state index contributed by atoms with van der Waals surface area (Å²) in [7, 11) is 0. The van der Waals surface area contributed by atoms with E-state index in [1.54, 1.807) is 12.1 Å². The fraction of sp³-hybridized carbons (Fsp3) is 0.111. The number of amides is 1. The number of furan rings is 1. The van der Waals surface area contributed by atoms with Crippen LogP contribution in [0.4, 0.5) is 0 Å². The Morgan fingerprint density at radius 1 is 1.26 bits per heavy atom. The fourth-order valence-corrected chi connectivity index (χ4v) is 2.74. The summed E-state index contributed by atoms with van der Waals surface area (Å²) in [4.78, 5) is 26.4. The highest BCUT2D eigenvalue weighted by Gasteiger charge is 2.43. The first-order chi connectivity index (χ1) is 11.1. The molecule has 0 fully saturated rings. The van der Waals surface area contributed by atoms with Crippen LogP contribution in [0.3, 0.4) is 0 Å². The van der Waals surface area contributed by atoms with Gasteiger partial charge in [-0.05, 0) is 17.7 Å². The molecule has 1 unspecified atom stereocenters. The zero-order valence-electron chi connectivity index (χ0n) is 12.3. The Bertz CT molecular complexity index is 775. The topological polar surface area (TPSA) is 70.8 Å². The van der Waals surface area contributed by atoms with Crippen LogP contribution in [0.1, 0.15) is 22.2 Å². The largest absolute Gasteiger partial charge is 0.503 e. The summed E-state index contributed by atoms with van der Waals surface area (Å²) in [6.07, 6.45) is 2.93. The molecule has 5 nitrogen and oxygen atoms in total. The highest BCUT2D eigenvalue weighted by molar-refractivity contribution is 6.15. The van der Waals surface area contributed by atoms with Crippen molar-refractivity contribution in [1.29, 1.82) is 0 Å². The lowest BCUT2D eigenvalue weighted by atomic mass is 9.95. The summed E-state index contributed by atoms with van der Waals surface area (Å²) in [5.74, 6) is -1.54. The molecule has 1 aliphatic rings. The van der Waals surface area contributed by atoms with E-state index in [9.17, 15) is 14.7 Å². The molecular formula is C18H15NO4. The van der Waals surface area contributed by atoms with Crippen LogP contribution in [-0.4, -0.2) is 28.2 Å². The van der Waals surface area contributed by atoms with E-state index in [0.29, 0.717) is 0 Å². The molecule has 0 radical (unpaired) electrons. The lowest BCUT2D eigenvalue weighted by Gasteiger charge is -2.25. The number of benzene rings is 1. The monoisotopic (exact) mass is 309 g/mol. The molecule has 0 bridgehead atoms. The van der Waals surface area contributed by atoms with Gasteiger partial charge in [0.05, 0.1) is 17.9 Å². The van der Waals surface area contributed by atoms with Crippen LogP contribution in [-0.2, 0) is 4.79 Å². The van der Waals surface area contributed by atoms with Crippen molar-refractivity contribution < 1.29 is 19.1 Å². The van der Waals surface area contributed by atoms with Crippen molar-refractivity contribution in [3.8, 4) is 0 Å². The maximum absolute atomic E-state index is 12.7. The number of Topliss-reactive ketones (excluding diaryl/α,β-unsaturated/α-hetero) is 1. The van der Waals surface area contributed by atoms with Gasteiger partial charge in [-0.3, -0.25) is 9.59 Å². The molecule has 1 aromatic heterocycles.